The highest BCUT2D eigenvalue weighted by atomic mass is 15.3. The Bertz CT molecular complexity index is 530. The standard InChI is InChI=1S/C17H26N4/c1-4-10-18-16(15-8-6-14(3)7-9-15)12-17-19-13-20-21(17)11-5-2/h6-9,13,16,18H,4-5,10-12H2,1-3H3. The Morgan fingerprint density at radius 2 is 1.90 bits per heavy atom. The zero-order chi connectivity index (χ0) is 15.1. The van der Waals surface area contributed by atoms with Gasteiger partial charge in [-0.1, -0.05) is 43.7 Å². The van der Waals surface area contributed by atoms with Gasteiger partial charge in [0.2, 0.25) is 0 Å². The molecule has 1 unspecified atom stereocenters. The van der Waals surface area contributed by atoms with Crippen molar-refractivity contribution in [2.75, 3.05) is 6.54 Å². The van der Waals surface area contributed by atoms with Crippen LogP contribution in [0.5, 0.6) is 0 Å². The number of rotatable bonds is 8. The number of nitrogens with one attached hydrogen (secondary N) is 1. The maximum absolute atomic E-state index is 4.44. The lowest BCUT2D eigenvalue weighted by molar-refractivity contribution is 0.488. The molecule has 114 valence electrons. The van der Waals surface area contributed by atoms with Crippen LogP contribution in [-0.4, -0.2) is 21.3 Å². The normalized spacial score (nSPS) is 12.5. The Morgan fingerprint density at radius 1 is 1.14 bits per heavy atom. The summed E-state index contributed by atoms with van der Waals surface area (Å²) in [4.78, 5) is 4.44. The van der Waals surface area contributed by atoms with Crippen LogP contribution in [-0.2, 0) is 13.0 Å². The first-order valence-corrected chi connectivity index (χ1v) is 7.91. The lowest BCUT2D eigenvalue weighted by Gasteiger charge is -2.19. The average molecular weight is 286 g/mol. The Kier molecular flexibility index (Phi) is 5.93. The molecule has 1 atom stereocenters. The van der Waals surface area contributed by atoms with Crippen molar-refractivity contribution in [2.24, 2.45) is 0 Å². The molecule has 0 aliphatic heterocycles. The second-order valence-corrected chi connectivity index (χ2v) is 5.52. The van der Waals surface area contributed by atoms with Gasteiger partial charge in [0.25, 0.3) is 0 Å². The minimum Gasteiger partial charge on any atom is -0.310 e. The van der Waals surface area contributed by atoms with E-state index in [1.165, 1.54) is 11.1 Å². The van der Waals surface area contributed by atoms with Gasteiger partial charge in [-0.15, -0.1) is 0 Å². The van der Waals surface area contributed by atoms with Gasteiger partial charge in [-0.05, 0) is 31.9 Å². The SMILES string of the molecule is CCCNC(Cc1ncnn1CCC)c1ccc(C)cc1. The van der Waals surface area contributed by atoms with Gasteiger partial charge in [0.05, 0.1) is 0 Å². The van der Waals surface area contributed by atoms with Gasteiger partial charge < -0.3 is 5.32 Å². The summed E-state index contributed by atoms with van der Waals surface area (Å²) in [6.07, 6.45) is 4.75. The number of aromatic nitrogens is 3. The van der Waals surface area contributed by atoms with Crippen LogP contribution in [0.3, 0.4) is 0 Å². The van der Waals surface area contributed by atoms with Gasteiger partial charge in [-0.3, -0.25) is 4.68 Å². The van der Waals surface area contributed by atoms with E-state index in [0.29, 0.717) is 6.04 Å². The van der Waals surface area contributed by atoms with E-state index in [4.69, 9.17) is 0 Å². The van der Waals surface area contributed by atoms with Gasteiger partial charge in [0, 0.05) is 19.0 Å². The molecule has 2 rings (SSSR count). The fourth-order valence-corrected chi connectivity index (χ4v) is 2.45. The van der Waals surface area contributed by atoms with Gasteiger partial charge in [0.15, 0.2) is 0 Å². The average Bonchev–Trinajstić information content (AvgIpc) is 2.92. The second kappa shape index (κ2) is 7.93. The minimum absolute atomic E-state index is 0.297. The van der Waals surface area contributed by atoms with E-state index in [0.717, 1.165) is 38.2 Å². The molecule has 0 amide bonds. The van der Waals surface area contributed by atoms with E-state index in [1.807, 2.05) is 4.68 Å². The van der Waals surface area contributed by atoms with Crippen LogP contribution in [0.1, 0.15) is 49.7 Å². The lowest BCUT2D eigenvalue weighted by atomic mass is 10.0. The van der Waals surface area contributed by atoms with Crippen molar-refractivity contribution in [2.45, 2.75) is 52.6 Å². The summed E-state index contributed by atoms with van der Waals surface area (Å²) in [6, 6.07) is 9.07. The van der Waals surface area contributed by atoms with Gasteiger partial charge >= 0.3 is 0 Å². The predicted octanol–water partition coefficient (Wildman–Crippen LogP) is 3.28. The van der Waals surface area contributed by atoms with Crippen molar-refractivity contribution in [3.63, 3.8) is 0 Å². The van der Waals surface area contributed by atoms with Crippen molar-refractivity contribution in [1.29, 1.82) is 0 Å². The minimum atomic E-state index is 0.297. The van der Waals surface area contributed by atoms with Crippen LogP contribution >= 0.6 is 0 Å². The van der Waals surface area contributed by atoms with E-state index >= 15 is 0 Å². The van der Waals surface area contributed by atoms with E-state index in [1.54, 1.807) is 6.33 Å². The highest BCUT2D eigenvalue weighted by molar-refractivity contribution is 5.24. The van der Waals surface area contributed by atoms with Crippen molar-refractivity contribution < 1.29 is 0 Å². The summed E-state index contributed by atoms with van der Waals surface area (Å²) < 4.78 is 2.02. The number of hydrogen-bond acceptors (Lipinski definition) is 3. The van der Waals surface area contributed by atoms with Crippen LogP contribution < -0.4 is 5.32 Å². The third kappa shape index (κ3) is 4.39. The van der Waals surface area contributed by atoms with Gasteiger partial charge in [0.1, 0.15) is 12.2 Å². The number of hydrogen-bond donors (Lipinski definition) is 1. The molecule has 2 aromatic rings. The van der Waals surface area contributed by atoms with Gasteiger partial charge in [-0.25, -0.2) is 4.98 Å². The fraction of sp³-hybridized carbons (Fsp3) is 0.529. The third-order valence-electron chi connectivity index (χ3n) is 3.64. The topological polar surface area (TPSA) is 42.7 Å². The molecule has 1 aromatic heterocycles. The molecule has 1 heterocycles. The van der Waals surface area contributed by atoms with Crippen LogP contribution in [0.4, 0.5) is 0 Å². The van der Waals surface area contributed by atoms with Gasteiger partial charge in [-0.2, -0.15) is 5.10 Å². The molecule has 0 aliphatic carbocycles. The summed E-state index contributed by atoms with van der Waals surface area (Å²) in [7, 11) is 0. The van der Waals surface area contributed by atoms with Crippen molar-refractivity contribution in [3.8, 4) is 0 Å². The van der Waals surface area contributed by atoms with Crippen LogP contribution in [0, 0.1) is 6.92 Å². The van der Waals surface area contributed by atoms with Crippen LogP contribution in [0.15, 0.2) is 30.6 Å². The Balaban J connectivity index is 2.15. The van der Waals surface area contributed by atoms with E-state index in [9.17, 15) is 0 Å². The molecule has 0 radical (unpaired) electrons. The van der Waals surface area contributed by atoms with Crippen molar-refractivity contribution in [1.82, 2.24) is 20.1 Å². The Labute approximate surface area is 127 Å². The highest BCUT2D eigenvalue weighted by Crippen LogP contribution is 2.18. The summed E-state index contributed by atoms with van der Waals surface area (Å²) in [5, 5.41) is 7.96. The van der Waals surface area contributed by atoms with E-state index in [-0.39, 0.29) is 0 Å². The summed E-state index contributed by atoms with van der Waals surface area (Å²) in [6.45, 7) is 8.43. The number of benzene rings is 1. The van der Waals surface area contributed by atoms with Crippen LogP contribution in [0.2, 0.25) is 0 Å². The molecule has 1 N–H and O–H groups in total. The summed E-state index contributed by atoms with van der Waals surface area (Å²) in [5.74, 6) is 1.06. The number of aryl methyl sites for hydroxylation is 2. The maximum atomic E-state index is 4.44. The quantitative estimate of drug-likeness (QED) is 0.810. The Morgan fingerprint density at radius 3 is 2.57 bits per heavy atom. The zero-order valence-electron chi connectivity index (χ0n) is 13.3. The molecule has 4 nitrogen and oxygen atoms in total. The maximum Gasteiger partial charge on any atom is 0.138 e. The Hall–Kier alpha value is -1.68. The summed E-state index contributed by atoms with van der Waals surface area (Å²) >= 11 is 0. The number of nitrogens with zero attached hydrogens (tertiary/aromatic N) is 3. The van der Waals surface area contributed by atoms with Crippen molar-refractivity contribution >= 4 is 0 Å². The molecular formula is C17H26N4. The molecule has 4 heteroatoms. The van der Waals surface area contributed by atoms with Crippen LogP contribution in [0.25, 0.3) is 0 Å². The first-order chi connectivity index (χ1) is 10.2. The molecule has 21 heavy (non-hydrogen) atoms. The molecule has 0 fully saturated rings. The smallest absolute Gasteiger partial charge is 0.138 e. The molecule has 0 bridgehead atoms. The first kappa shape index (κ1) is 15.7. The second-order valence-electron chi connectivity index (χ2n) is 5.52. The monoisotopic (exact) mass is 286 g/mol. The highest BCUT2D eigenvalue weighted by Gasteiger charge is 2.15. The molecule has 0 spiro atoms. The summed E-state index contributed by atoms with van der Waals surface area (Å²) in [5.41, 5.74) is 2.61. The first-order valence-electron chi connectivity index (χ1n) is 7.91. The molecule has 0 saturated carbocycles. The predicted molar refractivity (Wildman–Crippen MR) is 86.2 cm³/mol. The zero-order valence-corrected chi connectivity index (χ0v) is 13.3. The van der Waals surface area contributed by atoms with Crippen molar-refractivity contribution in [3.05, 3.63) is 47.5 Å². The molecule has 1 aromatic carbocycles. The third-order valence-corrected chi connectivity index (χ3v) is 3.64. The lowest BCUT2D eigenvalue weighted by Crippen LogP contribution is -2.25. The molecular weight excluding hydrogens is 260 g/mol. The molecule has 0 saturated heterocycles. The van der Waals surface area contributed by atoms with E-state index < -0.39 is 0 Å². The largest absolute Gasteiger partial charge is 0.310 e. The van der Waals surface area contributed by atoms with E-state index in [2.05, 4.69) is 60.4 Å². The molecule has 0 aliphatic rings. The fourth-order valence-electron chi connectivity index (χ4n) is 2.45.